The summed E-state index contributed by atoms with van der Waals surface area (Å²) in [7, 11) is 1.84. The molecule has 2 heterocycles. The monoisotopic (exact) mass is 375 g/mol. The summed E-state index contributed by atoms with van der Waals surface area (Å²) in [6.07, 6.45) is 3.48. The zero-order valence-electron chi connectivity index (χ0n) is 13.2. The fourth-order valence-electron chi connectivity index (χ4n) is 2.31. The summed E-state index contributed by atoms with van der Waals surface area (Å²) in [5.74, 6) is -0.942. The second-order valence-electron chi connectivity index (χ2n) is 5.37. The number of amides is 3. The third kappa shape index (κ3) is 3.94. The number of carbonyl (C=O) groups is 3. The summed E-state index contributed by atoms with van der Waals surface area (Å²) in [6, 6.07) is 10.3. The van der Waals surface area contributed by atoms with E-state index in [2.05, 4.69) is 5.32 Å². The molecular weight excluding hydrogens is 362 g/mol. The number of carbonyl (C=O) groups excluding carboxylic acids is 3. The summed E-state index contributed by atoms with van der Waals surface area (Å²) in [5, 5.41) is 2.63. The number of benzene rings is 1. The highest BCUT2D eigenvalue weighted by atomic mass is 35.5. The lowest BCUT2D eigenvalue weighted by atomic mass is 10.3. The maximum atomic E-state index is 12.4. The van der Waals surface area contributed by atoms with Gasteiger partial charge in [-0.1, -0.05) is 17.7 Å². The van der Waals surface area contributed by atoms with Gasteiger partial charge >= 0.3 is 0 Å². The molecule has 25 heavy (non-hydrogen) atoms. The van der Waals surface area contributed by atoms with Crippen LogP contribution in [0.3, 0.4) is 0 Å². The van der Waals surface area contributed by atoms with Gasteiger partial charge in [-0.2, -0.15) is 0 Å². The minimum Gasteiger partial charge on any atom is -0.351 e. The lowest BCUT2D eigenvalue weighted by Gasteiger charge is -2.12. The third-order valence-corrected chi connectivity index (χ3v) is 4.69. The fourth-order valence-corrected chi connectivity index (χ4v) is 3.32. The molecule has 3 amide bonds. The van der Waals surface area contributed by atoms with Gasteiger partial charge in [0.1, 0.15) is 6.54 Å². The Hall–Kier alpha value is -2.51. The standard InChI is InChI=1S/C17H14ClN3O3S/c1-20-7-3-6-13(20)9-14-16(23)21(17(24)25-14)10-15(22)19-12-5-2-4-11(18)8-12/h2-9H,10H2,1H3,(H,19,22)/b14-9-. The molecule has 0 unspecified atom stereocenters. The van der Waals surface area contributed by atoms with Crippen LogP contribution in [0.4, 0.5) is 10.5 Å². The van der Waals surface area contributed by atoms with Gasteiger partial charge in [-0.05, 0) is 48.2 Å². The van der Waals surface area contributed by atoms with Crippen molar-refractivity contribution >= 4 is 52.2 Å². The first kappa shape index (κ1) is 17.3. The highest BCUT2D eigenvalue weighted by Gasteiger charge is 2.36. The van der Waals surface area contributed by atoms with Crippen LogP contribution in [-0.2, 0) is 16.6 Å². The molecule has 1 N–H and O–H groups in total. The third-order valence-electron chi connectivity index (χ3n) is 3.55. The van der Waals surface area contributed by atoms with E-state index in [4.69, 9.17) is 11.6 Å². The maximum absolute atomic E-state index is 12.4. The highest BCUT2D eigenvalue weighted by Crippen LogP contribution is 2.32. The Morgan fingerprint density at radius 2 is 2.08 bits per heavy atom. The molecule has 128 valence electrons. The zero-order chi connectivity index (χ0) is 18.0. The average molecular weight is 376 g/mol. The number of hydrogen-bond acceptors (Lipinski definition) is 4. The molecule has 0 aliphatic carbocycles. The van der Waals surface area contributed by atoms with Gasteiger partial charge in [0.2, 0.25) is 5.91 Å². The van der Waals surface area contributed by atoms with Crippen molar-refractivity contribution in [2.45, 2.75) is 0 Å². The van der Waals surface area contributed by atoms with Crippen molar-refractivity contribution in [3.05, 3.63) is 58.2 Å². The van der Waals surface area contributed by atoms with Crippen molar-refractivity contribution in [2.24, 2.45) is 7.05 Å². The predicted octanol–water partition coefficient (Wildman–Crippen LogP) is 3.35. The van der Waals surface area contributed by atoms with Crippen molar-refractivity contribution in [3.63, 3.8) is 0 Å². The van der Waals surface area contributed by atoms with Crippen molar-refractivity contribution in [1.82, 2.24) is 9.47 Å². The second-order valence-corrected chi connectivity index (χ2v) is 6.80. The molecular formula is C17H14ClN3O3S. The lowest BCUT2D eigenvalue weighted by Crippen LogP contribution is -2.36. The van der Waals surface area contributed by atoms with E-state index in [-0.39, 0.29) is 6.54 Å². The first-order valence-corrected chi connectivity index (χ1v) is 8.55. The first-order valence-electron chi connectivity index (χ1n) is 7.36. The molecule has 2 aromatic rings. The summed E-state index contributed by atoms with van der Waals surface area (Å²) < 4.78 is 1.83. The molecule has 1 fully saturated rings. The molecule has 3 rings (SSSR count). The highest BCUT2D eigenvalue weighted by molar-refractivity contribution is 8.18. The van der Waals surface area contributed by atoms with Gasteiger partial charge in [-0.3, -0.25) is 19.3 Å². The number of rotatable bonds is 4. The normalized spacial score (nSPS) is 15.9. The molecule has 1 aliphatic heterocycles. The Bertz CT molecular complexity index is 891. The van der Waals surface area contributed by atoms with Gasteiger partial charge < -0.3 is 9.88 Å². The number of nitrogens with one attached hydrogen (secondary N) is 1. The maximum Gasteiger partial charge on any atom is 0.294 e. The van der Waals surface area contributed by atoms with Crippen LogP contribution < -0.4 is 5.32 Å². The number of aromatic nitrogens is 1. The van der Waals surface area contributed by atoms with Crippen LogP contribution in [0.15, 0.2) is 47.5 Å². The first-order chi connectivity index (χ1) is 11.9. The summed E-state index contributed by atoms with van der Waals surface area (Å²) in [6.45, 7) is -0.346. The molecule has 0 spiro atoms. The second kappa shape index (κ2) is 7.16. The largest absolute Gasteiger partial charge is 0.351 e. The van der Waals surface area contributed by atoms with Crippen LogP contribution in [0.5, 0.6) is 0 Å². The van der Waals surface area contributed by atoms with Crippen molar-refractivity contribution in [2.75, 3.05) is 11.9 Å². The van der Waals surface area contributed by atoms with Gasteiger partial charge in [-0.25, -0.2) is 0 Å². The van der Waals surface area contributed by atoms with Crippen LogP contribution in [0.1, 0.15) is 5.69 Å². The molecule has 1 aromatic heterocycles. The van der Waals surface area contributed by atoms with Crippen molar-refractivity contribution in [1.29, 1.82) is 0 Å². The number of thioether (sulfide) groups is 1. The Morgan fingerprint density at radius 1 is 1.28 bits per heavy atom. The molecule has 8 heteroatoms. The van der Waals surface area contributed by atoms with Crippen LogP contribution in [0.2, 0.25) is 5.02 Å². The van der Waals surface area contributed by atoms with Crippen LogP contribution in [-0.4, -0.2) is 33.1 Å². The molecule has 1 aliphatic rings. The number of imide groups is 1. The number of anilines is 1. The molecule has 1 aromatic carbocycles. The van der Waals surface area contributed by atoms with E-state index >= 15 is 0 Å². The van der Waals surface area contributed by atoms with Crippen molar-refractivity contribution < 1.29 is 14.4 Å². The van der Waals surface area contributed by atoms with E-state index in [0.29, 0.717) is 15.6 Å². The van der Waals surface area contributed by atoms with E-state index in [1.807, 2.05) is 29.9 Å². The molecule has 1 saturated heterocycles. The minimum absolute atomic E-state index is 0.294. The van der Waals surface area contributed by atoms with Crippen LogP contribution >= 0.6 is 23.4 Å². The average Bonchev–Trinajstić information content (AvgIpc) is 3.06. The zero-order valence-corrected chi connectivity index (χ0v) is 14.8. The lowest BCUT2D eigenvalue weighted by molar-refractivity contribution is -0.127. The summed E-state index contributed by atoms with van der Waals surface area (Å²) >= 11 is 6.69. The van der Waals surface area contributed by atoms with Crippen molar-refractivity contribution in [3.8, 4) is 0 Å². The molecule has 0 saturated carbocycles. The van der Waals surface area contributed by atoms with Gasteiger partial charge in [0.25, 0.3) is 11.1 Å². The Kier molecular flexibility index (Phi) is 4.96. The molecule has 0 radical (unpaired) electrons. The topological polar surface area (TPSA) is 71.4 Å². The smallest absolute Gasteiger partial charge is 0.294 e. The number of hydrogen-bond donors (Lipinski definition) is 1. The van der Waals surface area contributed by atoms with E-state index in [1.165, 1.54) is 0 Å². The van der Waals surface area contributed by atoms with Crippen LogP contribution in [0, 0.1) is 0 Å². The Balaban J connectivity index is 1.69. The SMILES string of the molecule is Cn1cccc1/C=C1\SC(=O)N(CC(=O)Nc2cccc(Cl)c2)C1=O. The van der Waals surface area contributed by atoms with E-state index in [0.717, 1.165) is 22.4 Å². The minimum atomic E-state index is -0.475. The van der Waals surface area contributed by atoms with Gasteiger partial charge in [0.15, 0.2) is 0 Å². The Labute approximate surface area is 153 Å². The Morgan fingerprint density at radius 3 is 2.76 bits per heavy atom. The van der Waals surface area contributed by atoms with E-state index in [9.17, 15) is 14.4 Å². The van der Waals surface area contributed by atoms with E-state index < -0.39 is 17.1 Å². The number of halogens is 1. The summed E-state index contributed by atoms with van der Waals surface area (Å²) in [5.41, 5.74) is 1.30. The number of nitrogens with zero attached hydrogens (tertiary/aromatic N) is 2. The molecule has 6 nitrogen and oxygen atoms in total. The van der Waals surface area contributed by atoms with Crippen LogP contribution in [0.25, 0.3) is 6.08 Å². The van der Waals surface area contributed by atoms with Gasteiger partial charge in [0, 0.05) is 29.6 Å². The van der Waals surface area contributed by atoms with E-state index in [1.54, 1.807) is 30.3 Å². The predicted molar refractivity (Wildman–Crippen MR) is 98.2 cm³/mol. The van der Waals surface area contributed by atoms with Gasteiger partial charge in [0.05, 0.1) is 4.91 Å². The number of aryl methyl sites for hydroxylation is 1. The fraction of sp³-hybridized carbons (Fsp3) is 0.118. The molecule has 0 atom stereocenters. The van der Waals surface area contributed by atoms with Gasteiger partial charge in [-0.15, -0.1) is 0 Å². The quantitative estimate of drug-likeness (QED) is 0.832. The molecule has 0 bridgehead atoms. The summed E-state index contributed by atoms with van der Waals surface area (Å²) in [4.78, 5) is 37.8.